The van der Waals surface area contributed by atoms with Crippen molar-refractivity contribution in [1.82, 2.24) is 4.98 Å². The summed E-state index contributed by atoms with van der Waals surface area (Å²) in [4.78, 5) is 14.3. The molecule has 0 bridgehead atoms. The van der Waals surface area contributed by atoms with Gasteiger partial charge in [0.1, 0.15) is 6.29 Å². The maximum Gasteiger partial charge on any atom is 0.120 e. The van der Waals surface area contributed by atoms with Gasteiger partial charge in [0, 0.05) is 18.8 Å². The zero-order valence-electron chi connectivity index (χ0n) is 13.2. The fourth-order valence-corrected chi connectivity index (χ4v) is 2.40. The predicted octanol–water partition coefficient (Wildman–Crippen LogP) is 5.28. The Hall–Kier alpha value is -1.44. The van der Waals surface area contributed by atoms with Crippen molar-refractivity contribution in [1.29, 1.82) is 0 Å². The first kappa shape index (κ1) is 17.6. The molecule has 0 amide bonds. The minimum atomic E-state index is 0.698. The average molecular weight is 287 g/mol. The molecule has 0 aromatic carbocycles. The minimum absolute atomic E-state index is 0.698. The monoisotopic (exact) mass is 287 g/mol. The Morgan fingerprint density at radius 1 is 0.857 bits per heavy atom. The Bertz CT molecular complexity index is 372. The predicted molar refractivity (Wildman–Crippen MR) is 89.3 cm³/mol. The summed E-state index contributed by atoms with van der Waals surface area (Å²) in [5, 5.41) is 0. The fraction of sp³-hybridized carbons (Fsp3) is 0.579. The highest BCUT2D eigenvalue weighted by molar-refractivity contribution is 5.48. The van der Waals surface area contributed by atoms with Crippen LogP contribution >= 0.6 is 0 Å². The summed E-state index contributed by atoms with van der Waals surface area (Å²) in [5.74, 6) is 0. The molecule has 1 aromatic rings. The number of carbonyl (C=O) groups is 1. The van der Waals surface area contributed by atoms with Gasteiger partial charge in [-0.15, -0.1) is 0 Å². The van der Waals surface area contributed by atoms with Crippen LogP contribution in [-0.4, -0.2) is 11.3 Å². The van der Waals surface area contributed by atoms with Crippen molar-refractivity contribution in [2.24, 2.45) is 0 Å². The van der Waals surface area contributed by atoms with Crippen LogP contribution in [0.3, 0.4) is 0 Å². The Kier molecular flexibility index (Phi) is 11.4. The number of aromatic nitrogens is 1. The molecule has 0 radical (unpaired) electrons. The molecule has 1 rings (SSSR count). The number of hydrogen-bond donors (Lipinski definition) is 0. The van der Waals surface area contributed by atoms with Crippen LogP contribution in [0.25, 0.3) is 0 Å². The van der Waals surface area contributed by atoms with E-state index in [2.05, 4.69) is 23.2 Å². The number of pyridine rings is 1. The molecule has 2 nitrogen and oxygen atoms in total. The van der Waals surface area contributed by atoms with Crippen molar-refractivity contribution >= 4 is 6.29 Å². The number of allylic oxidation sites excluding steroid dienone is 2. The summed E-state index contributed by atoms with van der Waals surface area (Å²) in [5.41, 5.74) is 1.36. The molecule has 1 aromatic heterocycles. The lowest BCUT2D eigenvalue weighted by atomic mass is 10.1. The van der Waals surface area contributed by atoms with Gasteiger partial charge in [-0.05, 0) is 50.2 Å². The van der Waals surface area contributed by atoms with E-state index in [1.54, 1.807) is 0 Å². The second-order valence-electron chi connectivity index (χ2n) is 5.59. The second kappa shape index (κ2) is 13.5. The van der Waals surface area contributed by atoms with Crippen LogP contribution in [0.5, 0.6) is 0 Å². The van der Waals surface area contributed by atoms with Crippen LogP contribution in [-0.2, 0) is 11.2 Å². The third kappa shape index (κ3) is 10.9. The molecule has 21 heavy (non-hydrogen) atoms. The zero-order chi connectivity index (χ0) is 15.0. The SMILES string of the molecule is O=CCCC/C=C\CCCCCCCCc1cccnc1. The molecule has 0 atom stereocenters. The average Bonchev–Trinajstić information content (AvgIpc) is 2.53. The number of hydrogen-bond acceptors (Lipinski definition) is 2. The van der Waals surface area contributed by atoms with Crippen LogP contribution in [0.4, 0.5) is 0 Å². The van der Waals surface area contributed by atoms with Crippen molar-refractivity contribution in [2.75, 3.05) is 0 Å². The summed E-state index contributed by atoms with van der Waals surface area (Å²) in [6.07, 6.45) is 22.3. The fourth-order valence-electron chi connectivity index (χ4n) is 2.40. The van der Waals surface area contributed by atoms with Crippen LogP contribution in [0.15, 0.2) is 36.7 Å². The third-order valence-corrected chi connectivity index (χ3v) is 3.67. The lowest BCUT2D eigenvalue weighted by molar-refractivity contribution is -0.107. The molecular formula is C19H29NO. The molecule has 0 fully saturated rings. The van der Waals surface area contributed by atoms with E-state index in [0.717, 1.165) is 25.5 Å². The number of nitrogens with zero attached hydrogens (tertiary/aromatic N) is 1. The van der Waals surface area contributed by atoms with E-state index in [-0.39, 0.29) is 0 Å². The lowest BCUT2D eigenvalue weighted by Crippen LogP contribution is -1.87. The maximum absolute atomic E-state index is 10.1. The lowest BCUT2D eigenvalue weighted by Gasteiger charge is -2.01. The molecule has 0 unspecified atom stereocenters. The van der Waals surface area contributed by atoms with Gasteiger partial charge in [0.05, 0.1) is 0 Å². The second-order valence-corrected chi connectivity index (χ2v) is 5.59. The van der Waals surface area contributed by atoms with Crippen molar-refractivity contribution in [2.45, 2.75) is 70.6 Å². The van der Waals surface area contributed by atoms with Crippen LogP contribution in [0.2, 0.25) is 0 Å². The maximum atomic E-state index is 10.1. The molecule has 0 aliphatic rings. The highest BCUT2D eigenvalue weighted by Crippen LogP contribution is 2.10. The van der Waals surface area contributed by atoms with E-state index in [0.29, 0.717) is 6.42 Å². The van der Waals surface area contributed by atoms with Crippen molar-refractivity contribution in [3.63, 3.8) is 0 Å². The van der Waals surface area contributed by atoms with Gasteiger partial charge in [0.15, 0.2) is 0 Å². The van der Waals surface area contributed by atoms with Gasteiger partial charge in [-0.1, -0.05) is 43.9 Å². The molecule has 116 valence electrons. The van der Waals surface area contributed by atoms with Gasteiger partial charge in [0.2, 0.25) is 0 Å². The molecule has 0 saturated heterocycles. The van der Waals surface area contributed by atoms with E-state index in [1.165, 1.54) is 50.5 Å². The van der Waals surface area contributed by atoms with Crippen LogP contribution in [0.1, 0.15) is 69.8 Å². The quantitative estimate of drug-likeness (QED) is 0.281. The summed E-state index contributed by atoms with van der Waals surface area (Å²) in [6.45, 7) is 0. The first-order chi connectivity index (χ1) is 10.4. The molecule has 0 aliphatic carbocycles. The summed E-state index contributed by atoms with van der Waals surface area (Å²) >= 11 is 0. The minimum Gasteiger partial charge on any atom is -0.303 e. The van der Waals surface area contributed by atoms with Gasteiger partial charge < -0.3 is 4.79 Å². The van der Waals surface area contributed by atoms with Gasteiger partial charge in [0.25, 0.3) is 0 Å². The van der Waals surface area contributed by atoms with Gasteiger partial charge in [-0.2, -0.15) is 0 Å². The van der Waals surface area contributed by atoms with E-state index < -0.39 is 0 Å². The summed E-state index contributed by atoms with van der Waals surface area (Å²) in [6, 6.07) is 4.18. The van der Waals surface area contributed by atoms with Gasteiger partial charge in [-0.3, -0.25) is 4.98 Å². The zero-order valence-corrected chi connectivity index (χ0v) is 13.2. The Morgan fingerprint density at radius 3 is 2.29 bits per heavy atom. The molecule has 1 heterocycles. The first-order valence-corrected chi connectivity index (χ1v) is 8.41. The van der Waals surface area contributed by atoms with Crippen molar-refractivity contribution in [3.8, 4) is 0 Å². The molecule has 0 spiro atoms. The molecule has 0 saturated carbocycles. The molecule has 0 N–H and O–H groups in total. The number of rotatable bonds is 13. The van der Waals surface area contributed by atoms with Gasteiger partial charge in [-0.25, -0.2) is 0 Å². The molecular weight excluding hydrogens is 258 g/mol. The van der Waals surface area contributed by atoms with E-state index in [4.69, 9.17) is 0 Å². The van der Waals surface area contributed by atoms with Crippen molar-refractivity contribution < 1.29 is 4.79 Å². The van der Waals surface area contributed by atoms with E-state index in [1.807, 2.05) is 18.5 Å². The van der Waals surface area contributed by atoms with E-state index >= 15 is 0 Å². The number of unbranched alkanes of at least 4 members (excludes halogenated alkanes) is 8. The molecule has 0 aliphatic heterocycles. The summed E-state index contributed by atoms with van der Waals surface area (Å²) in [7, 11) is 0. The normalized spacial score (nSPS) is 11.0. The Morgan fingerprint density at radius 2 is 1.57 bits per heavy atom. The topological polar surface area (TPSA) is 30.0 Å². The highest BCUT2D eigenvalue weighted by atomic mass is 16.1. The Labute approximate surface area is 129 Å². The number of aryl methyl sites for hydroxylation is 1. The van der Waals surface area contributed by atoms with E-state index in [9.17, 15) is 4.79 Å². The highest BCUT2D eigenvalue weighted by Gasteiger charge is 1.94. The summed E-state index contributed by atoms with van der Waals surface area (Å²) < 4.78 is 0. The van der Waals surface area contributed by atoms with Crippen LogP contribution < -0.4 is 0 Å². The standard InChI is InChI=1S/C19H29NO/c21-17-12-10-8-6-4-2-1-3-5-7-9-11-14-19-15-13-16-20-18-19/h4,6,13,15-18H,1-3,5,7-12,14H2/b6-4-. The smallest absolute Gasteiger partial charge is 0.120 e. The van der Waals surface area contributed by atoms with Crippen molar-refractivity contribution in [3.05, 3.63) is 42.2 Å². The van der Waals surface area contributed by atoms with Crippen LogP contribution in [0, 0.1) is 0 Å². The number of aldehydes is 1. The first-order valence-electron chi connectivity index (χ1n) is 8.41. The largest absolute Gasteiger partial charge is 0.303 e. The third-order valence-electron chi connectivity index (χ3n) is 3.67. The molecule has 2 heteroatoms. The van der Waals surface area contributed by atoms with Gasteiger partial charge >= 0.3 is 0 Å². The number of carbonyl (C=O) groups excluding carboxylic acids is 1. The Balaban J connectivity index is 1.81.